The van der Waals surface area contributed by atoms with Crippen LogP contribution in [-0.2, 0) is 28.7 Å². The molecule has 19 nitrogen and oxygen atoms in total. The van der Waals surface area contributed by atoms with Gasteiger partial charge in [0.2, 0.25) is 17.9 Å². The fraction of sp³-hybridized carbons (Fsp3) is 0.792. The highest BCUT2D eigenvalue weighted by Crippen LogP contribution is 2.29. The number of aliphatic hydroxyl groups is 3. The van der Waals surface area contributed by atoms with Crippen LogP contribution in [0.25, 0.3) is 4.85 Å². The Bertz CT molecular complexity index is 1450. The number of aliphatic hydroxyl groups excluding tert-OH is 3. The van der Waals surface area contributed by atoms with Crippen molar-refractivity contribution in [2.75, 3.05) is 121 Å². The summed E-state index contributed by atoms with van der Waals surface area (Å²) in [5.41, 5.74) is 0.450. The van der Waals surface area contributed by atoms with E-state index in [0.29, 0.717) is 37.5 Å². The molecule has 0 aliphatic heterocycles. The zero-order valence-electron chi connectivity index (χ0n) is 43.2. The van der Waals surface area contributed by atoms with Crippen molar-refractivity contribution in [3.8, 4) is 6.07 Å². The Morgan fingerprint density at radius 2 is 1.31 bits per heavy atom. The van der Waals surface area contributed by atoms with Gasteiger partial charge in [-0.15, -0.1) is 0 Å². The van der Waals surface area contributed by atoms with E-state index in [2.05, 4.69) is 77.2 Å². The minimum atomic E-state index is -0.390. The van der Waals surface area contributed by atoms with Gasteiger partial charge in [-0.2, -0.15) is 28.1 Å². The lowest BCUT2D eigenvalue weighted by atomic mass is 9.86. The summed E-state index contributed by atoms with van der Waals surface area (Å²) in [7, 11) is 12.1. The molecular weight excluding hydrogens is 893 g/mol. The average Bonchev–Trinajstić information content (AvgIpc) is 3.31. The number of carbonyl (C=O) groups is 4. The number of likely N-dealkylation sites (N-methyl/N-ethyl adjacent to an activating group) is 4. The number of azo groups is 1. The minimum absolute atomic E-state index is 0.0200. The average molecular weight is 983 g/mol. The molecule has 2 fully saturated rings. The lowest BCUT2D eigenvalue weighted by Gasteiger charge is -2.24. The first kappa shape index (κ1) is 68.3. The summed E-state index contributed by atoms with van der Waals surface area (Å²) < 4.78 is 10.4. The molecule has 6 unspecified atom stereocenters. The Morgan fingerprint density at radius 1 is 0.824 bits per heavy atom. The van der Waals surface area contributed by atoms with Crippen molar-refractivity contribution >= 4 is 36.4 Å². The maximum absolute atomic E-state index is 12.3. The molecule has 2 saturated carbocycles. The molecule has 0 bridgehead atoms. The Hall–Kier alpha value is -3.99. The second-order valence-electron chi connectivity index (χ2n) is 17.7. The van der Waals surface area contributed by atoms with Crippen LogP contribution in [0.4, 0.5) is 0 Å². The van der Waals surface area contributed by atoms with E-state index >= 15 is 0 Å². The molecule has 20 heteroatoms. The van der Waals surface area contributed by atoms with Crippen molar-refractivity contribution in [3.05, 3.63) is 36.2 Å². The summed E-state index contributed by atoms with van der Waals surface area (Å²) in [5, 5.41) is 46.9. The third-order valence-corrected chi connectivity index (χ3v) is 10.9. The standard InChI is InChI=1S/C17H35N3O4.C14H20N4.C11H22N2O2.C4H7NO2.C2H6OS/c1-13(2)15(11-14(3)16(22)18-12-21)17(23)24-10-9-20(6)8-7-19(4)5;1-16-13-8-4-5-9-14(13)18-17-12-7-3-2-6-11(12)10-15;1-10(2)11(14)15-9-8-13(5)7-6-12(3)4;1-2-4(7)5-3-6;3-1-2-4/h13-15,21H,7-12H2,1-6H3,(H,18,22);11-14H,2-9H2;1,6-9H2,2-5H3;2,6H,1,3H2,(H,5,7);3-4H,1-2H2. The fourth-order valence-corrected chi connectivity index (χ4v) is 6.27. The van der Waals surface area contributed by atoms with Gasteiger partial charge < -0.3 is 59.9 Å². The van der Waals surface area contributed by atoms with E-state index in [0.717, 1.165) is 90.2 Å². The third kappa shape index (κ3) is 37.9. The first-order chi connectivity index (χ1) is 32.2. The number of hydrogen-bond acceptors (Lipinski definition) is 17. The lowest BCUT2D eigenvalue weighted by Crippen LogP contribution is -2.35. The molecule has 2 aliphatic carbocycles. The normalized spacial score (nSPS) is 18.4. The number of carbonyl (C=O) groups excluding carboxylic acids is 4. The molecule has 0 aromatic carbocycles. The second-order valence-corrected chi connectivity index (χ2v) is 18.1. The first-order valence-corrected chi connectivity index (χ1v) is 24.3. The summed E-state index contributed by atoms with van der Waals surface area (Å²) in [4.78, 5) is 57.2. The topological polar surface area (TPSA) is 237 Å². The summed E-state index contributed by atoms with van der Waals surface area (Å²) in [6, 6.07) is 2.53. The molecule has 0 heterocycles. The predicted octanol–water partition coefficient (Wildman–Crippen LogP) is 3.88. The van der Waals surface area contributed by atoms with Crippen molar-refractivity contribution in [3.63, 3.8) is 0 Å². The van der Waals surface area contributed by atoms with Gasteiger partial charge in [0, 0.05) is 62.9 Å². The van der Waals surface area contributed by atoms with Crippen LogP contribution in [0.5, 0.6) is 0 Å². The SMILES string of the molecule is C=C(C)C(=O)OCCN(C)CCN(C)C.C=CC(=O)NCO.CC(CC(C(=O)OCCN(C)CCN(C)C)C(C)C)C(=O)NCO.OCCS.[C-]#[N+]C1CCCCC1N=NC1CCCCC1C#N. The van der Waals surface area contributed by atoms with Crippen molar-refractivity contribution < 1.29 is 44.0 Å². The molecule has 6 atom stereocenters. The molecule has 0 spiro atoms. The zero-order chi connectivity index (χ0) is 52.5. The number of nitrogens with one attached hydrogen (secondary N) is 2. The van der Waals surface area contributed by atoms with Crippen molar-refractivity contribution in [2.24, 2.45) is 33.9 Å². The lowest BCUT2D eigenvalue weighted by molar-refractivity contribution is -0.151. The fourth-order valence-electron chi connectivity index (χ4n) is 6.27. The molecular formula is C48H90N10O9S. The monoisotopic (exact) mass is 983 g/mol. The summed E-state index contributed by atoms with van der Waals surface area (Å²) in [6.07, 6.45) is 9.98. The van der Waals surface area contributed by atoms with Gasteiger partial charge in [-0.25, -0.2) is 11.4 Å². The molecule has 0 radical (unpaired) electrons. The summed E-state index contributed by atoms with van der Waals surface area (Å²) >= 11 is 3.67. The highest BCUT2D eigenvalue weighted by atomic mass is 32.1. The maximum Gasteiger partial charge on any atom is 0.333 e. The second kappa shape index (κ2) is 44.2. The highest BCUT2D eigenvalue weighted by molar-refractivity contribution is 7.80. The van der Waals surface area contributed by atoms with Crippen LogP contribution in [0.2, 0.25) is 0 Å². The molecule has 0 aromatic rings. The van der Waals surface area contributed by atoms with Crippen LogP contribution in [-0.4, -0.2) is 197 Å². The predicted molar refractivity (Wildman–Crippen MR) is 271 cm³/mol. The van der Waals surface area contributed by atoms with Gasteiger partial charge >= 0.3 is 11.9 Å². The Kier molecular flexibility index (Phi) is 44.4. The van der Waals surface area contributed by atoms with Gasteiger partial charge in [0.15, 0.2) is 0 Å². The van der Waals surface area contributed by atoms with E-state index in [1.807, 2.05) is 56.1 Å². The van der Waals surface area contributed by atoms with Gasteiger partial charge in [0.25, 0.3) is 0 Å². The molecule has 392 valence electrons. The molecule has 0 aromatic heterocycles. The van der Waals surface area contributed by atoms with Crippen molar-refractivity contribution in [2.45, 2.75) is 104 Å². The van der Waals surface area contributed by atoms with Crippen LogP contribution in [0.15, 0.2) is 35.0 Å². The van der Waals surface area contributed by atoms with Gasteiger partial charge in [0.05, 0.1) is 30.6 Å². The first-order valence-electron chi connectivity index (χ1n) is 23.6. The van der Waals surface area contributed by atoms with Crippen LogP contribution < -0.4 is 10.6 Å². The smallest absolute Gasteiger partial charge is 0.333 e. The van der Waals surface area contributed by atoms with E-state index in [1.54, 1.807) is 13.8 Å². The van der Waals surface area contributed by atoms with Gasteiger partial charge in [0.1, 0.15) is 32.7 Å². The zero-order valence-corrected chi connectivity index (χ0v) is 44.1. The van der Waals surface area contributed by atoms with E-state index in [4.69, 9.17) is 36.6 Å². The van der Waals surface area contributed by atoms with E-state index in [9.17, 15) is 19.2 Å². The summed E-state index contributed by atoms with van der Waals surface area (Å²) in [5.74, 6) is -1.14. The largest absolute Gasteiger partial charge is 0.464 e. The van der Waals surface area contributed by atoms with Crippen LogP contribution in [0.3, 0.4) is 0 Å². The number of esters is 2. The quantitative estimate of drug-likeness (QED) is 0.0201. The number of amides is 2. The van der Waals surface area contributed by atoms with Crippen LogP contribution in [0.1, 0.15) is 85.5 Å². The highest BCUT2D eigenvalue weighted by Gasteiger charge is 2.31. The van der Waals surface area contributed by atoms with E-state index in [-0.39, 0.29) is 85.6 Å². The number of rotatable bonds is 24. The Labute approximate surface area is 415 Å². The molecule has 2 amide bonds. The Balaban J connectivity index is -0.000000853. The molecule has 5 N–H and O–H groups in total. The molecule has 2 rings (SSSR count). The van der Waals surface area contributed by atoms with Crippen LogP contribution in [0, 0.1) is 41.6 Å². The van der Waals surface area contributed by atoms with Gasteiger partial charge in [-0.1, -0.05) is 53.2 Å². The number of thiol groups is 1. The van der Waals surface area contributed by atoms with E-state index in [1.165, 1.54) is 0 Å². The molecule has 68 heavy (non-hydrogen) atoms. The Morgan fingerprint density at radius 3 is 1.74 bits per heavy atom. The molecule has 0 saturated heterocycles. The number of ether oxygens (including phenoxy) is 2. The van der Waals surface area contributed by atoms with Crippen molar-refractivity contribution in [1.29, 1.82) is 5.26 Å². The number of hydrogen-bond donors (Lipinski definition) is 6. The minimum Gasteiger partial charge on any atom is -0.464 e. The summed E-state index contributed by atoms with van der Waals surface area (Å²) in [6.45, 7) is 26.7. The number of nitriles is 1. The van der Waals surface area contributed by atoms with E-state index < -0.39 is 0 Å². The number of nitrogens with zero attached hydrogens (tertiary/aromatic N) is 8. The van der Waals surface area contributed by atoms with Gasteiger partial charge in [-0.3, -0.25) is 14.4 Å². The van der Waals surface area contributed by atoms with Crippen LogP contribution >= 0.6 is 12.6 Å². The third-order valence-electron chi connectivity index (χ3n) is 10.7. The molecule has 2 aliphatic rings. The van der Waals surface area contributed by atoms with Gasteiger partial charge in [-0.05, 0) is 93.3 Å². The van der Waals surface area contributed by atoms with Crippen molar-refractivity contribution in [1.82, 2.24) is 30.2 Å². The maximum atomic E-state index is 12.3.